The van der Waals surface area contributed by atoms with Crippen LogP contribution in [0.4, 0.5) is 0 Å². The number of rotatable bonds is 7. The average Bonchev–Trinajstić information content (AvgIpc) is 2.46. The number of aryl methyl sites for hydroxylation is 1. The number of nitrogens with zero attached hydrogens (tertiary/aromatic N) is 1. The van der Waals surface area contributed by atoms with Crippen molar-refractivity contribution in [3.8, 4) is 6.07 Å². The highest BCUT2D eigenvalue weighted by atomic mass is 16.1. The predicted octanol–water partition coefficient (Wildman–Crippen LogP) is 2.06. The summed E-state index contributed by atoms with van der Waals surface area (Å²) in [5.41, 5.74) is 2.63. The van der Waals surface area contributed by atoms with Gasteiger partial charge in [0, 0.05) is 19.3 Å². The van der Waals surface area contributed by atoms with Gasteiger partial charge in [0.15, 0.2) is 0 Å². The summed E-state index contributed by atoms with van der Waals surface area (Å²) in [6.07, 6.45) is 3.20. The Hall–Kier alpha value is -2.28. The van der Waals surface area contributed by atoms with Crippen LogP contribution in [0.1, 0.15) is 24.5 Å². The zero-order chi connectivity index (χ0) is 14.8. The molecule has 0 aliphatic carbocycles. The van der Waals surface area contributed by atoms with Crippen molar-refractivity contribution in [1.29, 1.82) is 5.26 Å². The molecule has 1 amide bonds. The Bertz CT molecular complexity index is 515. The van der Waals surface area contributed by atoms with E-state index in [-0.39, 0.29) is 11.5 Å². The Balaban J connectivity index is 2.45. The smallest absolute Gasteiger partial charge is 0.263 e. The Morgan fingerprint density at radius 2 is 2.10 bits per heavy atom. The first-order valence-corrected chi connectivity index (χ1v) is 6.85. The number of benzene rings is 1. The lowest BCUT2D eigenvalue weighted by Gasteiger charge is -2.06. The fourth-order valence-electron chi connectivity index (χ4n) is 1.75. The van der Waals surface area contributed by atoms with Crippen LogP contribution in [0.25, 0.3) is 0 Å². The second kappa shape index (κ2) is 8.76. The third kappa shape index (κ3) is 5.15. The molecule has 0 bridgehead atoms. The van der Waals surface area contributed by atoms with Gasteiger partial charge in [0.2, 0.25) is 0 Å². The average molecular weight is 271 g/mol. The van der Waals surface area contributed by atoms with E-state index in [1.165, 1.54) is 17.3 Å². The van der Waals surface area contributed by atoms with E-state index >= 15 is 0 Å². The first-order valence-electron chi connectivity index (χ1n) is 6.85. The van der Waals surface area contributed by atoms with E-state index in [2.05, 4.69) is 29.7 Å². The summed E-state index contributed by atoms with van der Waals surface area (Å²) in [6, 6.07) is 10.1. The molecule has 0 atom stereocenters. The first kappa shape index (κ1) is 15.8. The van der Waals surface area contributed by atoms with Gasteiger partial charge in [-0.3, -0.25) is 4.79 Å². The van der Waals surface area contributed by atoms with Gasteiger partial charge >= 0.3 is 0 Å². The second-order valence-corrected chi connectivity index (χ2v) is 4.56. The van der Waals surface area contributed by atoms with Gasteiger partial charge in [-0.2, -0.15) is 5.26 Å². The van der Waals surface area contributed by atoms with Crippen LogP contribution in [0.5, 0.6) is 0 Å². The minimum Gasteiger partial charge on any atom is -0.389 e. The molecule has 0 spiro atoms. The van der Waals surface area contributed by atoms with Crippen LogP contribution in [-0.2, 0) is 11.2 Å². The highest BCUT2D eigenvalue weighted by Gasteiger charge is 2.06. The maximum Gasteiger partial charge on any atom is 0.263 e. The van der Waals surface area contributed by atoms with Gasteiger partial charge in [0.1, 0.15) is 11.6 Å². The number of nitrogens with one attached hydrogen (secondary N) is 2. The molecule has 0 aliphatic rings. The molecular weight excluding hydrogens is 250 g/mol. The molecule has 2 N–H and O–H groups in total. The number of carbonyl (C=O) groups excluding carboxylic acids is 1. The summed E-state index contributed by atoms with van der Waals surface area (Å²) < 4.78 is 0. The van der Waals surface area contributed by atoms with Gasteiger partial charge in [-0.25, -0.2) is 0 Å². The van der Waals surface area contributed by atoms with Crippen molar-refractivity contribution in [2.45, 2.75) is 26.7 Å². The third-order valence-corrected chi connectivity index (χ3v) is 2.95. The number of hydrogen-bond donors (Lipinski definition) is 2. The van der Waals surface area contributed by atoms with Crippen molar-refractivity contribution >= 4 is 5.91 Å². The SMILES string of the molecule is CCCNC(=O)/C(C#N)=C\NCCc1ccccc1C. The van der Waals surface area contributed by atoms with Crippen molar-refractivity contribution < 1.29 is 4.79 Å². The van der Waals surface area contributed by atoms with Gasteiger partial charge in [-0.1, -0.05) is 31.2 Å². The highest BCUT2D eigenvalue weighted by Crippen LogP contribution is 2.06. The van der Waals surface area contributed by atoms with Gasteiger partial charge in [0.05, 0.1) is 0 Å². The van der Waals surface area contributed by atoms with E-state index in [1.807, 2.05) is 25.1 Å². The molecule has 0 aromatic heterocycles. The Morgan fingerprint density at radius 3 is 2.75 bits per heavy atom. The van der Waals surface area contributed by atoms with Crippen molar-refractivity contribution in [1.82, 2.24) is 10.6 Å². The number of carbonyl (C=O) groups is 1. The molecule has 1 aromatic carbocycles. The molecule has 1 rings (SSSR count). The van der Waals surface area contributed by atoms with Gasteiger partial charge < -0.3 is 10.6 Å². The lowest BCUT2D eigenvalue weighted by Crippen LogP contribution is -2.26. The summed E-state index contributed by atoms with van der Waals surface area (Å²) in [5.74, 6) is -0.322. The van der Waals surface area contributed by atoms with E-state index in [9.17, 15) is 4.79 Å². The maximum atomic E-state index is 11.6. The summed E-state index contributed by atoms with van der Waals surface area (Å²) >= 11 is 0. The second-order valence-electron chi connectivity index (χ2n) is 4.56. The van der Waals surface area contributed by atoms with Crippen LogP contribution in [-0.4, -0.2) is 19.0 Å². The number of nitriles is 1. The van der Waals surface area contributed by atoms with Gasteiger partial charge in [0.25, 0.3) is 5.91 Å². The Labute approximate surface area is 120 Å². The van der Waals surface area contributed by atoms with Crippen molar-refractivity contribution in [3.05, 3.63) is 47.2 Å². The number of amides is 1. The number of hydrogen-bond acceptors (Lipinski definition) is 3. The molecule has 0 radical (unpaired) electrons. The van der Waals surface area contributed by atoms with Crippen molar-refractivity contribution in [2.24, 2.45) is 0 Å². The molecule has 0 saturated heterocycles. The zero-order valence-corrected chi connectivity index (χ0v) is 12.1. The topological polar surface area (TPSA) is 64.9 Å². The standard InChI is InChI=1S/C16H21N3O/c1-3-9-19-16(20)15(11-17)12-18-10-8-14-7-5-4-6-13(14)2/h4-7,12,18H,3,8-10H2,1-2H3,(H,19,20)/b15-12-. The van der Waals surface area contributed by atoms with Crippen LogP contribution in [0.15, 0.2) is 36.0 Å². The fourth-order valence-corrected chi connectivity index (χ4v) is 1.75. The van der Waals surface area contributed by atoms with E-state index < -0.39 is 0 Å². The van der Waals surface area contributed by atoms with Crippen molar-refractivity contribution in [3.63, 3.8) is 0 Å². The minimum atomic E-state index is -0.322. The Kier molecular flexibility index (Phi) is 6.91. The first-order chi connectivity index (χ1) is 9.69. The molecule has 0 unspecified atom stereocenters. The van der Waals surface area contributed by atoms with E-state index in [0.29, 0.717) is 13.1 Å². The van der Waals surface area contributed by atoms with Gasteiger partial charge in [-0.05, 0) is 30.9 Å². The molecule has 0 aliphatic heterocycles. The molecule has 106 valence electrons. The highest BCUT2D eigenvalue weighted by molar-refractivity contribution is 5.97. The van der Waals surface area contributed by atoms with Crippen LogP contribution in [0.2, 0.25) is 0 Å². The predicted molar refractivity (Wildman–Crippen MR) is 79.9 cm³/mol. The summed E-state index contributed by atoms with van der Waals surface area (Å²) in [7, 11) is 0. The van der Waals surface area contributed by atoms with Crippen LogP contribution >= 0.6 is 0 Å². The van der Waals surface area contributed by atoms with Gasteiger partial charge in [-0.15, -0.1) is 0 Å². The largest absolute Gasteiger partial charge is 0.389 e. The van der Waals surface area contributed by atoms with Crippen LogP contribution in [0, 0.1) is 18.3 Å². The maximum absolute atomic E-state index is 11.6. The van der Waals surface area contributed by atoms with Crippen molar-refractivity contribution in [2.75, 3.05) is 13.1 Å². The lowest BCUT2D eigenvalue weighted by molar-refractivity contribution is -0.117. The molecule has 4 nitrogen and oxygen atoms in total. The molecule has 20 heavy (non-hydrogen) atoms. The normalized spacial score (nSPS) is 10.8. The molecule has 1 aromatic rings. The molecule has 0 fully saturated rings. The molecule has 4 heteroatoms. The Morgan fingerprint density at radius 1 is 1.35 bits per heavy atom. The molecule has 0 heterocycles. The van der Waals surface area contributed by atoms with Crippen LogP contribution < -0.4 is 10.6 Å². The summed E-state index contributed by atoms with van der Waals surface area (Å²) in [4.78, 5) is 11.6. The summed E-state index contributed by atoms with van der Waals surface area (Å²) in [6.45, 7) is 5.32. The zero-order valence-electron chi connectivity index (χ0n) is 12.1. The monoisotopic (exact) mass is 271 g/mol. The fraction of sp³-hybridized carbons (Fsp3) is 0.375. The lowest BCUT2D eigenvalue weighted by atomic mass is 10.1. The quantitative estimate of drug-likeness (QED) is 0.453. The van der Waals surface area contributed by atoms with Crippen LogP contribution in [0.3, 0.4) is 0 Å². The molecular formula is C16H21N3O. The molecule has 0 saturated carbocycles. The van der Waals surface area contributed by atoms with E-state index in [4.69, 9.17) is 5.26 Å². The summed E-state index contributed by atoms with van der Waals surface area (Å²) in [5, 5.41) is 14.6. The third-order valence-electron chi connectivity index (χ3n) is 2.95. The van der Waals surface area contributed by atoms with E-state index in [1.54, 1.807) is 0 Å². The minimum absolute atomic E-state index is 0.114. The van der Waals surface area contributed by atoms with E-state index in [0.717, 1.165) is 12.8 Å².